The van der Waals surface area contributed by atoms with Gasteiger partial charge in [0.1, 0.15) is 0 Å². The Kier molecular flexibility index (Phi) is 26.9. The number of carboxylic acids is 2. The minimum Gasteiger partial charge on any atom is -0.550 e. The van der Waals surface area contributed by atoms with Gasteiger partial charge in [-0.15, -0.1) is 0 Å². The van der Waals surface area contributed by atoms with E-state index in [9.17, 15) is 0 Å². The molecule has 0 aromatic carbocycles. The number of nitrogens with one attached hydrogen (secondary N) is 1. The molecule has 0 bridgehead atoms. The highest BCUT2D eigenvalue weighted by Gasteiger charge is 2.07. The van der Waals surface area contributed by atoms with Gasteiger partial charge in [0, 0.05) is 24.8 Å². The fraction of sp³-hybridized carbons (Fsp3) is 0.882. The molecule has 6 heteroatoms. The van der Waals surface area contributed by atoms with Crippen molar-refractivity contribution in [2.75, 3.05) is 33.2 Å². The zero-order chi connectivity index (χ0) is 18.5. The van der Waals surface area contributed by atoms with Crippen LogP contribution < -0.4 is 20.4 Å². The van der Waals surface area contributed by atoms with Crippen molar-refractivity contribution in [2.45, 2.75) is 66.2 Å². The predicted octanol–water partition coefficient (Wildman–Crippen LogP) is -2.04. The first-order chi connectivity index (χ1) is 10.8. The summed E-state index contributed by atoms with van der Waals surface area (Å²) in [5.74, 6) is -2.17. The molecule has 1 saturated heterocycles. The summed E-state index contributed by atoms with van der Waals surface area (Å²) in [6.07, 6.45) is 8.33. The number of hydrogen-bond acceptors (Lipinski definition) is 4. The third-order valence-corrected chi connectivity index (χ3v) is 2.98. The Balaban J connectivity index is -0.000000248. The van der Waals surface area contributed by atoms with Gasteiger partial charge in [0.25, 0.3) is 0 Å². The molecule has 0 spiro atoms. The summed E-state index contributed by atoms with van der Waals surface area (Å²) in [5.41, 5.74) is 0. The number of unbranched alkanes of at least 4 members (excludes halogenated alkanes) is 2. The Hall–Kier alpha value is -1.14. The molecule has 0 unspecified atom stereocenters. The lowest BCUT2D eigenvalue weighted by Gasteiger charge is -1.98. The maximum Gasteiger partial charge on any atom is 0.0771 e. The Labute approximate surface area is 142 Å². The average Bonchev–Trinajstić information content (AvgIpc) is 2.89. The van der Waals surface area contributed by atoms with E-state index in [1.54, 1.807) is 4.90 Å². The minimum atomic E-state index is -1.08. The molecule has 1 aliphatic rings. The van der Waals surface area contributed by atoms with Crippen LogP contribution >= 0.6 is 0 Å². The van der Waals surface area contributed by atoms with Crippen molar-refractivity contribution in [3.63, 3.8) is 0 Å². The Morgan fingerprint density at radius 1 is 0.913 bits per heavy atom. The van der Waals surface area contributed by atoms with Crippen LogP contribution in [0.5, 0.6) is 0 Å². The second kappa shape index (κ2) is 23.1. The van der Waals surface area contributed by atoms with Gasteiger partial charge < -0.3 is 30.0 Å². The summed E-state index contributed by atoms with van der Waals surface area (Å²) in [7, 11) is 2.26. The number of quaternary nitrogens is 2. The van der Waals surface area contributed by atoms with Gasteiger partial charge in [-0.1, -0.05) is 26.7 Å². The standard InChI is InChI=1S/C8H19N.C5H11N.2C2H4O2/c1-3-5-7-9-8-6-4-2;1-6-4-2-3-5-6;2*1-2(3)4/h9H,3-8H2,1-2H3;2-5H2,1H3;2*1H3,(H,3,4). The molecule has 0 atom stereocenters. The average molecular weight is 335 g/mol. The molecule has 140 valence electrons. The van der Waals surface area contributed by atoms with E-state index in [2.05, 4.69) is 26.2 Å². The first kappa shape index (κ1) is 26.7. The number of hydrogen-bond donors (Lipinski definition) is 2. The molecule has 0 aliphatic carbocycles. The largest absolute Gasteiger partial charge is 0.550 e. The van der Waals surface area contributed by atoms with E-state index in [-0.39, 0.29) is 0 Å². The van der Waals surface area contributed by atoms with Crippen LogP contribution in [0.4, 0.5) is 0 Å². The molecule has 0 amide bonds. The number of likely N-dealkylation sites (tertiary alicyclic amines) is 1. The summed E-state index contributed by atoms with van der Waals surface area (Å²) >= 11 is 0. The molecule has 23 heavy (non-hydrogen) atoms. The zero-order valence-electron chi connectivity index (χ0n) is 15.8. The monoisotopic (exact) mass is 334 g/mol. The van der Waals surface area contributed by atoms with Gasteiger partial charge in [-0.3, -0.25) is 0 Å². The number of rotatable bonds is 6. The van der Waals surface area contributed by atoms with Crippen molar-refractivity contribution in [1.29, 1.82) is 0 Å². The number of carboxylic acid groups (broad SMARTS) is 2. The first-order valence-electron chi connectivity index (χ1n) is 8.75. The van der Waals surface area contributed by atoms with E-state index in [4.69, 9.17) is 19.8 Å². The maximum absolute atomic E-state index is 8.89. The van der Waals surface area contributed by atoms with E-state index in [0.717, 1.165) is 13.8 Å². The van der Waals surface area contributed by atoms with Crippen LogP contribution in [0.25, 0.3) is 0 Å². The van der Waals surface area contributed by atoms with Gasteiger partial charge in [0.2, 0.25) is 0 Å². The van der Waals surface area contributed by atoms with E-state index < -0.39 is 11.9 Å². The third-order valence-electron chi connectivity index (χ3n) is 2.98. The lowest BCUT2D eigenvalue weighted by molar-refractivity contribution is -0.866. The molecule has 1 heterocycles. The molecule has 1 aliphatic heterocycles. The lowest BCUT2D eigenvalue weighted by Crippen LogP contribution is -3.06. The zero-order valence-corrected chi connectivity index (χ0v) is 15.8. The Morgan fingerprint density at radius 3 is 1.39 bits per heavy atom. The van der Waals surface area contributed by atoms with Crippen LogP contribution in [0.3, 0.4) is 0 Å². The molecule has 3 N–H and O–H groups in total. The van der Waals surface area contributed by atoms with Crippen molar-refractivity contribution in [3.05, 3.63) is 0 Å². The van der Waals surface area contributed by atoms with Crippen LogP contribution in [0.15, 0.2) is 0 Å². The third kappa shape index (κ3) is 52.8. The normalized spacial score (nSPS) is 12.7. The van der Waals surface area contributed by atoms with Gasteiger partial charge in [-0.05, 0) is 26.7 Å². The highest BCUT2D eigenvalue weighted by Crippen LogP contribution is 1.84. The highest BCUT2D eigenvalue weighted by molar-refractivity contribution is 5.60. The van der Waals surface area contributed by atoms with Crippen molar-refractivity contribution < 1.29 is 30.0 Å². The molecule has 0 saturated carbocycles. The first-order valence-corrected chi connectivity index (χ1v) is 8.75. The van der Waals surface area contributed by atoms with Crippen LogP contribution in [0.1, 0.15) is 66.2 Å². The smallest absolute Gasteiger partial charge is 0.0771 e. The minimum absolute atomic E-state index is 0.972. The molecule has 0 radical (unpaired) electrons. The van der Waals surface area contributed by atoms with E-state index >= 15 is 0 Å². The number of nitrogens with two attached hydrogens (primary N) is 1. The van der Waals surface area contributed by atoms with Crippen LogP contribution in [0.2, 0.25) is 0 Å². The summed E-state index contributed by atoms with van der Waals surface area (Å²) in [6.45, 7) is 11.9. The fourth-order valence-corrected chi connectivity index (χ4v) is 1.82. The van der Waals surface area contributed by atoms with Crippen molar-refractivity contribution in [1.82, 2.24) is 0 Å². The molecular weight excluding hydrogens is 296 g/mol. The molecular formula is C17H38N2O4. The molecule has 1 rings (SSSR count). The van der Waals surface area contributed by atoms with Gasteiger partial charge in [0.15, 0.2) is 0 Å². The second-order valence-corrected chi connectivity index (χ2v) is 5.72. The molecule has 1 fully saturated rings. The topological polar surface area (TPSA) is 101 Å². The molecule has 6 nitrogen and oxygen atoms in total. The maximum atomic E-state index is 8.89. The number of aliphatic carboxylic acids is 2. The summed E-state index contributed by atoms with van der Waals surface area (Å²) in [5, 5.41) is 20.2. The SMILES string of the molecule is CC(=O)[O-].CC(=O)[O-].CCCC[NH2+]CCCC.C[NH+]1CCCC1. The van der Waals surface area contributed by atoms with Crippen LogP contribution in [-0.2, 0) is 9.59 Å². The summed E-state index contributed by atoms with van der Waals surface area (Å²) in [4.78, 5) is 19.5. The summed E-state index contributed by atoms with van der Waals surface area (Å²) in [6, 6.07) is 0. The van der Waals surface area contributed by atoms with Gasteiger partial charge in [-0.25, -0.2) is 0 Å². The van der Waals surface area contributed by atoms with Crippen molar-refractivity contribution >= 4 is 11.9 Å². The molecule has 0 aromatic heterocycles. The van der Waals surface area contributed by atoms with E-state index in [1.807, 2.05) is 0 Å². The van der Waals surface area contributed by atoms with Crippen LogP contribution in [-0.4, -0.2) is 45.2 Å². The Bertz CT molecular complexity index is 229. The van der Waals surface area contributed by atoms with Gasteiger partial charge in [0.05, 0.1) is 33.2 Å². The van der Waals surface area contributed by atoms with Crippen molar-refractivity contribution in [2.24, 2.45) is 0 Å². The van der Waals surface area contributed by atoms with Gasteiger partial charge in [-0.2, -0.15) is 0 Å². The number of carbonyl (C=O) groups excluding carboxylic acids is 2. The quantitative estimate of drug-likeness (QED) is 0.546. The number of carbonyl (C=O) groups is 2. The predicted molar refractivity (Wildman–Crippen MR) is 88.7 cm³/mol. The second-order valence-electron chi connectivity index (χ2n) is 5.72. The summed E-state index contributed by atoms with van der Waals surface area (Å²) < 4.78 is 0. The lowest BCUT2D eigenvalue weighted by atomic mass is 10.3. The van der Waals surface area contributed by atoms with E-state index in [0.29, 0.717) is 0 Å². The van der Waals surface area contributed by atoms with Crippen LogP contribution in [0, 0.1) is 0 Å². The fourth-order valence-electron chi connectivity index (χ4n) is 1.82. The van der Waals surface area contributed by atoms with E-state index in [1.165, 1.54) is 64.7 Å². The molecule has 0 aromatic rings. The van der Waals surface area contributed by atoms with Crippen molar-refractivity contribution in [3.8, 4) is 0 Å². The Morgan fingerprint density at radius 2 is 1.22 bits per heavy atom. The highest BCUT2D eigenvalue weighted by atomic mass is 16.4. The van der Waals surface area contributed by atoms with Gasteiger partial charge >= 0.3 is 0 Å².